The molecule has 0 spiro atoms. The van der Waals surface area contributed by atoms with Crippen molar-refractivity contribution in [2.24, 2.45) is 0 Å². The smallest absolute Gasteiger partial charge is 0.264 e. The van der Waals surface area contributed by atoms with Crippen molar-refractivity contribution in [2.45, 2.75) is 57.1 Å². The average Bonchev–Trinajstić information content (AvgIpc) is 3.09. The van der Waals surface area contributed by atoms with Gasteiger partial charge in [0, 0.05) is 30.1 Å². The second-order valence-electron chi connectivity index (χ2n) is 11.5. The Hall–Kier alpha value is -4.54. The topological polar surface area (TPSA) is 105 Å². The van der Waals surface area contributed by atoms with Gasteiger partial charge in [0.25, 0.3) is 10.0 Å². The molecule has 0 fully saturated rings. The maximum atomic E-state index is 14.6. The Bertz CT molecular complexity index is 1800. The van der Waals surface area contributed by atoms with Gasteiger partial charge in [-0.05, 0) is 67.8 Å². The molecule has 0 aliphatic carbocycles. The van der Waals surface area contributed by atoms with Gasteiger partial charge in [-0.3, -0.25) is 13.9 Å². The van der Waals surface area contributed by atoms with E-state index in [-0.39, 0.29) is 41.2 Å². The molecule has 0 saturated heterocycles. The number of rotatable bonds is 15. The number of benzene rings is 4. The monoisotopic (exact) mass is 691 g/mol. The molecule has 0 saturated carbocycles. The predicted molar refractivity (Wildman–Crippen MR) is 189 cm³/mol. The van der Waals surface area contributed by atoms with Crippen molar-refractivity contribution in [1.82, 2.24) is 10.2 Å². The number of nitrogens with zero attached hydrogens (tertiary/aromatic N) is 2. The Morgan fingerprint density at radius 2 is 1.52 bits per heavy atom. The van der Waals surface area contributed by atoms with Crippen LogP contribution in [0.4, 0.5) is 5.69 Å². The lowest BCUT2D eigenvalue weighted by Crippen LogP contribution is -2.54. The minimum absolute atomic E-state index is 0.0168. The first-order chi connectivity index (χ1) is 23.0. The Labute approximate surface area is 288 Å². The minimum atomic E-state index is -4.33. The maximum Gasteiger partial charge on any atom is 0.264 e. The van der Waals surface area contributed by atoms with Crippen molar-refractivity contribution in [3.05, 3.63) is 119 Å². The summed E-state index contributed by atoms with van der Waals surface area (Å²) in [5, 5.41) is 3.51. The molecular formula is C37H42ClN3O6S. The summed E-state index contributed by atoms with van der Waals surface area (Å²) in [7, 11) is -1.46. The van der Waals surface area contributed by atoms with Crippen molar-refractivity contribution in [3.8, 4) is 11.5 Å². The van der Waals surface area contributed by atoms with Crippen LogP contribution in [0.2, 0.25) is 5.02 Å². The number of carbonyl (C=O) groups is 2. The summed E-state index contributed by atoms with van der Waals surface area (Å²) in [6.45, 7) is 5.18. The molecule has 4 aromatic rings. The number of ether oxygens (including phenoxy) is 2. The van der Waals surface area contributed by atoms with Gasteiger partial charge in [0.05, 0.1) is 24.8 Å². The number of halogens is 1. The van der Waals surface area contributed by atoms with Gasteiger partial charge in [0.2, 0.25) is 11.8 Å². The number of anilines is 1. The summed E-state index contributed by atoms with van der Waals surface area (Å²) in [4.78, 5) is 30.0. The lowest BCUT2D eigenvalue weighted by Gasteiger charge is -2.34. The van der Waals surface area contributed by atoms with E-state index in [9.17, 15) is 18.0 Å². The molecule has 0 aliphatic heterocycles. The number of carbonyl (C=O) groups excluding carboxylic acids is 2. The van der Waals surface area contributed by atoms with Crippen LogP contribution in [-0.2, 0) is 32.6 Å². The fraction of sp³-hybridized carbons (Fsp3) is 0.297. The van der Waals surface area contributed by atoms with Gasteiger partial charge >= 0.3 is 0 Å². The molecular weight excluding hydrogens is 650 g/mol. The van der Waals surface area contributed by atoms with Crippen LogP contribution < -0.4 is 19.1 Å². The standard InChI is InChI=1S/C37H42ClN3O6S/c1-6-27(3)39-37(43)33(22-28-11-8-7-9-12-28)40(24-29-13-10-14-30(38)21-29)36(42)25-41(31-17-15-26(2)16-18-31)48(44,45)32-19-20-34(46-4)35(23-32)47-5/h7-21,23,27,33H,6,22,24-25H2,1-5H3,(H,39,43)/t27-,33-/m1/s1. The number of amides is 2. The van der Waals surface area contributed by atoms with Crippen LogP contribution in [0.5, 0.6) is 11.5 Å². The molecule has 0 aromatic heterocycles. The zero-order valence-electron chi connectivity index (χ0n) is 27.9. The van der Waals surface area contributed by atoms with Crippen molar-refractivity contribution in [2.75, 3.05) is 25.1 Å². The van der Waals surface area contributed by atoms with E-state index in [0.29, 0.717) is 22.8 Å². The molecule has 0 radical (unpaired) electrons. The highest BCUT2D eigenvalue weighted by molar-refractivity contribution is 7.92. The number of nitrogens with one attached hydrogen (secondary N) is 1. The van der Waals surface area contributed by atoms with Crippen LogP contribution in [0.15, 0.2) is 102 Å². The molecule has 0 heterocycles. The van der Waals surface area contributed by atoms with Crippen molar-refractivity contribution < 1.29 is 27.5 Å². The third-order valence-corrected chi connectivity index (χ3v) is 10.1. The van der Waals surface area contributed by atoms with Crippen molar-refractivity contribution in [3.63, 3.8) is 0 Å². The third-order valence-electron chi connectivity index (χ3n) is 8.06. The highest BCUT2D eigenvalue weighted by atomic mass is 35.5. The summed E-state index contributed by atoms with van der Waals surface area (Å²) < 4.78 is 40.5. The number of sulfonamides is 1. The van der Waals surface area contributed by atoms with Crippen molar-refractivity contribution >= 4 is 39.1 Å². The molecule has 48 heavy (non-hydrogen) atoms. The van der Waals surface area contributed by atoms with Crippen LogP contribution in [0.25, 0.3) is 0 Å². The molecule has 0 unspecified atom stereocenters. The maximum absolute atomic E-state index is 14.6. The lowest BCUT2D eigenvalue weighted by molar-refractivity contribution is -0.140. The fourth-order valence-corrected chi connectivity index (χ4v) is 6.81. The fourth-order valence-electron chi connectivity index (χ4n) is 5.17. The summed E-state index contributed by atoms with van der Waals surface area (Å²) in [6, 6.07) is 26.5. The molecule has 2 atom stereocenters. The van der Waals surface area contributed by atoms with Gasteiger partial charge in [0.1, 0.15) is 12.6 Å². The third kappa shape index (κ3) is 9.08. The Balaban J connectivity index is 1.83. The van der Waals surface area contributed by atoms with Gasteiger partial charge in [-0.2, -0.15) is 0 Å². The molecule has 1 N–H and O–H groups in total. The number of hydrogen-bond acceptors (Lipinski definition) is 6. The van der Waals surface area contributed by atoms with E-state index in [1.807, 2.05) is 57.2 Å². The van der Waals surface area contributed by atoms with Crippen LogP contribution in [0, 0.1) is 6.92 Å². The van der Waals surface area contributed by atoms with Gasteiger partial charge in [-0.25, -0.2) is 8.42 Å². The summed E-state index contributed by atoms with van der Waals surface area (Å²) in [6.07, 6.45) is 0.902. The Morgan fingerprint density at radius 1 is 0.854 bits per heavy atom. The van der Waals surface area contributed by atoms with E-state index in [0.717, 1.165) is 15.4 Å². The molecule has 0 bridgehead atoms. The molecule has 254 valence electrons. The van der Waals surface area contributed by atoms with Crippen LogP contribution in [-0.4, -0.2) is 58.0 Å². The molecule has 11 heteroatoms. The van der Waals surface area contributed by atoms with E-state index >= 15 is 0 Å². The molecule has 4 rings (SSSR count). The minimum Gasteiger partial charge on any atom is -0.493 e. The van der Waals surface area contributed by atoms with E-state index in [2.05, 4.69) is 5.32 Å². The quantitative estimate of drug-likeness (QED) is 0.154. The molecule has 9 nitrogen and oxygen atoms in total. The van der Waals surface area contributed by atoms with E-state index in [1.165, 1.54) is 37.3 Å². The van der Waals surface area contributed by atoms with Gasteiger partial charge in [-0.1, -0.05) is 78.7 Å². The number of hydrogen-bond donors (Lipinski definition) is 1. The summed E-state index contributed by atoms with van der Waals surface area (Å²) >= 11 is 6.33. The highest BCUT2D eigenvalue weighted by Gasteiger charge is 2.35. The average molecular weight is 692 g/mol. The van der Waals surface area contributed by atoms with Crippen LogP contribution >= 0.6 is 11.6 Å². The highest BCUT2D eigenvalue weighted by Crippen LogP contribution is 2.32. The second-order valence-corrected chi connectivity index (χ2v) is 13.8. The lowest BCUT2D eigenvalue weighted by atomic mass is 10.0. The summed E-state index contributed by atoms with van der Waals surface area (Å²) in [5.41, 5.74) is 2.74. The number of aryl methyl sites for hydroxylation is 1. The second kappa shape index (κ2) is 16.5. The SMILES string of the molecule is CC[C@@H](C)NC(=O)[C@@H](Cc1ccccc1)N(Cc1cccc(Cl)c1)C(=O)CN(c1ccc(C)cc1)S(=O)(=O)c1ccc(OC)c(OC)c1. The normalized spacial score (nSPS) is 12.5. The Kier molecular flexibility index (Phi) is 12.5. The molecule has 4 aromatic carbocycles. The first-order valence-corrected chi connectivity index (χ1v) is 17.5. The van der Waals surface area contributed by atoms with Gasteiger partial charge in [-0.15, -0.1) is 0 Å². The largest absolute Gasteiger partial charge is 0.493 e. The molecule has 2 amide bonds. The van der Waals surface area contributed by atoms with Crippen molar-refractivity contribution in [1.29, 1.82) is 0 Å². The van der Waals surface area contributed by atoms with E-state index in [1.54, 1.807) is 42.5 Å². The zero-order valence-corrected chi connectivity index (χ0v) is 29.4. The first kappa shape index (κ1) is 36.3. The summed E-state index contributed by atoms with van der Waals surface area (Å²) in [5.74, 6) is -0.327. The predicted octanol–water partition coefficient (Wildman–Crippen LogP) is 6.42. The van der Waals surface area contributed by atoms with Gasteiger partial charge < -0.3 is 19.7 Å². The Morgan fingerprint density at radius 3 is 2.15 bits per heavy atom. The van der Waals surface area contributed by atoms with Gasteiger partial charge in [0.15, 0.2) is 11.5 Å². The van der Waals surface area contributed by atoms with E-state index in [4.69, 9.17) is 21.1 Å². The molecule has 0 aliphatic rings. The van der Waals surface area contributed by atoms with Crippen LogP contribution in [0.3, 0.4) is 0 Å². The first-order valence-electron chi connectivity index (χ1n) is 15.7. The van der Waals surface area contributed by atoms with E-state index < -0.39 is 28.5 Å². The number of methoxy groups -OCH3 is 2. The van der Waals surface area contributed by atoms with Crippen LogP contribution in [0.1, 0.15) is 37.0 Å². The zero-order chi connectivity index (χ0) is 34.8.